The topological polar surface area (TPSA) is 58.6 Å². The number of rotatable bonds is 3. The molecule has 1 heterocycles. The maximum atomic E-state index is 10.8. The summed E-state index contributed by atoms with van der Waals surface area (Å²) in [5, 5.41) is 11.8. The summed E-state index contributed by atoms with van der Waals surface area (Å²) in [6.45, 7) is 2.62. The van der Waals surface area contributed by atoms with Crippen LogP contribution in [0.2, 0.25) is 0 Å². The summed E-state index contributed by atoms with van der Waals surface area (Å²) in [5.41, 5.74) is 1.20. The maximum Gasteiger partial charge on any atom is 0.320 e. The van der Waals surface area contributed by atoms with Crippen LogP contribution in [0.1, 0.15) is 18.4 Å². The molecule has 1 fully saturated rings. The average molecular weight is 235 g/mol. The first-order chi connectivity index (χ1) is 8.15. The third kappa shape index (κ3) is 3.20. The number of hydrogen-bond acceptors (Lipinski definition) is 3. The van der Waals surface area contributed by atoms with Crippen LogP contribution in [0.4, 0.5) is 0 Å². The van der Waals surface area contributed by atoms with Gasteiger partial charge in [0, 0.05) is 6.54 Å². The Morgan fingerprint density at radius 3 is 2.59 bits per heavy atom. The van der Waals surface area contributed by atoms with Crippen molar-refractivity contribution in [3.05, 3.63) is 29.8 Å². The fourth-order valence-corrected chi connectivity index (χ4v) is 1.95. The molecule has 4 nitrogen and oxygen atoms in total. The van der Waals surface area contributed by atoms with Crippen LogP contribution in [0.3, 0.4) is 0 Å². The number of carbonyl (C=O) groups is 1. The van der Waals surface area contributed by atoms with Crippen LogP contribution in [0.15, 0.2) is 24.3 Å². The van der Waals surface area contributed by atoms with Crippen molar-refractivity contribution < 1.29 is 14.6 Å². The molecule has 0 aliphatic carbocycles. The Kier molecular flexibility index (Phi) is 3.64. The second-order valence-corrected chi connectivity index (χ2v) is 4.43. The Morgan fingerprint density at radius 2 is 2.06 bits per heavy atom. The van der Waals surface area contributed by atoms with Gasteiger partial charge in [-0.05, 0) is 31.9 Å². The first-order valence-electron chi connectivity index (χ1n) is 5.84. The molecule has 2 rings (SSSR count). The van der Waals surface area contributed by atoms with Crippen molar-refractivity contribution in [2.24, 2.45) is 0 Å². The minimum Gasteiger partial charge on any atom is -0.489 e. The quantitative estimate of drug-likeness (QED) is 0.835. The lowest BCUT2D eigenvalue weighted by Gasteiger charge is -2.28. The van der Waals surface area contributed by atoms with Crippen LogP contribution in [0, 0.1) is 6.92 Å². The minimum absolute atomic E-state index is 0.0632. The van der Waals surface area contributed by atoms with Gasteiger partial charge in [0.05, 0.1) is 0 Å². The van der Waals surface area contributed by atoms with Gasteiger partial charge >= 0.3 is 5.97 Å². The summed E-state index contributed by atoms with van der Waals surface area (Å²) >= 11 is 0. The molecule has 0 bridgehead atoms. The van der Waals surface area contributed by atoms with E-state index in [2.05, 4.69) is 5.32 Å². The Balaban J connectivity index is 1.85. The van der Waals surface area contributed by atoms with Gasteiger partial charge in [0.1, 0.15) is 17.9 Å². The lowest BCUT2D eigenvalue weighted by atomic mass is 10.0. The van der Waals surface area contributed by atoms with Gasteiger partial charge in [-0.25, -0.2) is 0 Å². The Morgan fingerprint density at radius 1 is 1.35 bits per heavy atom. The number of carboxylic acid groups (broad SMARTS) is 1. The number of nitrogens with one attached hydrogen (secondary N) is 1. The molecular weight excluding hydrogens is 218 g/mol. The van der Waals surface area contributed by atoms with E-state index in [0.717, 1.165) is 12.2 Å². The average Bonchev–Trinajstić information content (AvgIpc) is 2.33. The Bertz CT molecular complexity index is 380. The second kappa shape index (κ2) is 5.19. The third-order valence-electron chi connectivity index (χ3n) is 2.99. The highest BCUT2D eigenvalue weighted by atomic mass is 16.5. The van der Waals surface area contributed by atoms with E-state index in [1.807, 2.05) is 31.2 Å². The highest BCUT2D eigenvalue weighted by Gasteiger charge is 2.26. The number of benzene rings is 1. The predicted molar refractivity (Wildman–Crippen MR) is 64.3 cm³/mol. The molecule has 1 aliphatic rings. The first-order valence-corrected chi connectivity index (χ1v) is 5.84. The monoisotopic (exact) mass is 235 g/mol. The summed E-state index contributed by atoms with van der Waals surface area (Å²) in [6, 6.07) is 7.47. The molecule has 2 N–H and O–H groups in total. The lowest BCUT2D eigenvalue weighted by molar-refractivity contribution is -0.140. The van der Waals surface area contributed by atoms with E-state index in [0.29, 0.717) is 13.0 Å². The smallest absolute Gasteiger partial charge is 0.320 e. The van der Waals surface area contributed by atoms with E-state index in [1.165, 1.54) is 5.56 Å². The number of aryl methyl sites for hydroxylation is 1. The third-order valence-corrected chi connectivity index (χ3v) is 2.99. The molecule has 1 aromatic rings. The van der Waals surface area contributed by atoms with Crippen molar-refractivity contribution in [1.82, 2.24) is 5.32 Å². The summed E-state index contributed by atoms with van der Waals surface area (Å²) in [7, 11) is 0. The predicted octanol–water partition coefficient (Wildman–Crippen LogP) is 1.58. The lowest BCUT2D eigenvalue weighted by Crippen LogP contribution is -2.47. The van der Waals surface area contributed by atoms with E-state index < -0.39 is 12.0 Å². The fourth-order valence-electron chi connectivity index (χ4n) is 1.95. The zero-order valence-corrected chi connectivity index (χ0v) is 9.85. The normalized spacial score (nSPS) is 24.3. The van der Waals surface area contributed by atoms with Crippen molar-refractivity contribution >= 4 is 5.97 Å². The van der Waals surface area contributed by atoms with Gasteiger partial charge in [-0.3, -0.25) is 4.79 Å². The van der Waals surface area contributed by atoms with Gasteiger partial charge in [-0.15, -0.1) is 0 Å². The number of aliphatic carboxylic acids is 1. The number of hydrogen-bond donors (Lipinski definition) is 2. The molecule has 1 aliphatic heterocycles. The molecule has 0 spiro atoms. The van der Waals surface area contributed by atoms with Gasteiger partial charge < -0.3 is 15.2 Å². The van der Waals surface area contributed by atoms with Crippen LogP contribution < -0.4 is 10.1 Å². The van der Waals surface area contributed by atoms with Crippen molar-refractivity contribution in [2.45, 2.75) is 31.9 Å². The van der Waals surface area contributed by atoms with Crippen molar-refractivity contribution in [2.75, 3.05) is 6.54 Å². The Labute approximate surface area is 101 Å². The largest absolute Gasteiger partial charge is 0.489 e. The zero-order valence-electron chi connectivity index (χ0n) is 9.85. The molecule has 2 unspecified atom stereocenters. The zero-order chi connectivity index (χ0) is 12.3. The fraction of sp³-hybridized carbons (Fsp3) is 0.462. The molecule has 17 heavy (non-hydrogen) atoms. The van der Waals surface area contributed by atoms with Crippen molar-refractivity contribution in [3.8, 4) is 5.75 Å². The SMILES string of the molecule is Cc1ccc(OC2CCC(C(=O)O)NC2)cc1. The van der Waals surface area contributed by atoms with Gasteiger partial charge in [0.25, 0.3) is 0 Å². The van der Waals surface area contributed by atoms with Gasteiger partial charge in [0.15, 0.2) is 0 Å². The van der Waals surface area contributed by atoms with E-state index in [-0.39, 0.29) is 6.10 Å². The molecule has 0 aromatic heterocycles. The standard InChI is InChI=1S/C13H17NO3/c1-9-2-4-10(5-3-9)17-11-6-7-12(13(15)16)14-8-11/h2-5,11-12,14H,6-8H2,1H3,(H,15,16). The van der Waals surface area contributed by atoms with Gasteiger partial charge in [-0.1, -0.05) is 17.7 Å². The molecule has 4 heteroatoms. The van der Waals surface area contributed by atoms with Crippen LogP contribution in [-0.4, -0.2) is 29.8 Å². The van der Waals surface area contributed by atoms with Crippen LogP contribution >= 0.6 is 0 Å². The highest BCUT2D eigenvalue weighted by molar-refractivity contribution is 5.73. The van der Waals surface area contributed by atoms with Gasteiger partial charge in [-0.2, -0.15) is 0 Å². The van der Waals surface area contributed by atoms with E-state index in [9.17, 15) is 4.79 Å². The molecule has 0 amide bonds. The number of ether oxygens (including phenoxy) is 1. The summed E-state index contributed by atoms with van der Waals surface area (Å²) < 4.78 is 5.78. The Hall–Kier alpha value is -1.55. The summed E-state index contributed by atoms with van der Waals surface area (Å²) in [6.07, 6.45) is 1.46. The van der Waals surface area contributed by atoms with Crippen molar-refractivity contribution in [1.29, 1.82) is 0 Å². The van der Waals surface area contributed by atoms with Crippen LogP contribution in [0.5, 0.6) is 5.75 Å². The van der Waals surface area contributed by atoms with Crippen LogP contribution in [0.25, 0.3) is 0 Å². The van der Waals surface area contributed by atoms with Gasteiger partial charge in [0.2, 0.25) is 0 Å². The molecule has 2 atom stereocenters. The maximum absolute atomic E-state index is 10.8. The van der Waals surface area contributed by atoms with Crippen molar-refractivity contribution in [3.63, 3.8) is 0 Å². The van der Waals surface area contributed by atoms with Crippen LogP contribution in [-0.2, 0) is 4.79 Å². The molecule has 1 aromatic carbocycles. The minimum atomic E-state index is -0.779. The molecule has 1 saturated heterocycles. The highest BCUT2D eigenvalue weighted by Crippen LogP contribution is 2.17. The van der Waals surface area contributed by atoms with E-state index >= 15 is 0 Å². The van der Waals surface area contributed by atoms with E-state index in [1.54, 1.807) is 0 Å². The molecule has 0 saturated carbocycles. The second-order valence-electron chi connectivity index (χ2n) is 4.43. The molecule has 92 valence electrons. The number of carboxylic acids is 1. The molecule has 0 radical (unpaired) electrons. The summed E-state index contributed by atoms with van der Waals surface area (Å²) in [5.74, 6) is 0.0648. The van der Waals surface area contributed by atoms with E-state index in [4.69, 9.17) is 9.84 Å². The first kappa shape index (κ1) is 11.9. The molecular formula is C13H17NO3. The number of piperidine rings is 1. The summed E-state index contributed by atoms with van der Waals surface area (Å²) in [4.78, 5) is 10.8.